The van der Waals surface area contributed by atoms with Gasteiger partial charge in [-0.2, -0.15) is 0 Å². The molecule has 0 bridgehead atoms. The molecule has 5 heteroatoms. The highest BCUT2D eigenvalue weighted by molar-refractivity contribution is 6.62. The maximum atomic E-state index is 11.2. The number of carbonyl (C=O) groups is 1. The molecule has 0 spiro atoms. The van der Waals surface area contributed by atoms with Crippen molar-refractivity contribution in [3.63, 3.8) is 0 Å². The van der Waals surface area contributed by atoms with E-state index in [0.717, 1.165) is 16.6 Å². The van der Waals surface area contributed by atoms with Crippen molar-refractivity contribution in [3.8, 4) is 0 Å². The first-order valence-corrected chi connectivity index (χ1v) is 5.48. The predicted molar refractivity (Wildman–Crippen MR) is 64.5 cm³/mol. The Balaban J connectivity index is 2.23. The summed E-state index contributed by atoms with van der Waals surface area (Å²) in [4.78, 5) is 11.2. The van der Waals surface area contributed by atoms with Gasteiger partial charge in [0.05, 0.1) is 13.2 Å². The van der Waals surface area contributed by atoms with Gasteiger partial charge in [0.15, 0.2) is 0 Å². The summed E-state index contributed by atoms with van der Waals surface area (Å²) < 4.78 is 9.91. The lowest BCUT2D eigenvalue weighted by molar-refractivity contribution is -0.137. The number of hydrogen-bond donors (Lipinski definition) is 1. The van der Waals surface area contributed by atoms with Crippen LogP contribution in [0.3, 0.4) is 0 Å². The summed E-state index contributed by atoms with van der Waals surface area (Å²) in [7, 11) is -0.909. The zero-order valence-electron chi connectivity index (χ0n) is 9.55. The molecular weight excluding hydrogens is 219 g/mol. The summed E-state index contributed by atoms with van der Waals surface area (Å²) in [6.07, 6.45) is 2.99. The van der Waals surface area contributed by atoms with Gasteiger partial charge in [0, 0.05) is 6.08 Å². The van der Waals surface area contributed by atoms with Crippen LogP contribution in [0, 0.1) is 0 Å². The van der Waals surface area contributed by atoms with Crippen LogP contribution >= 0.6 is 0 Å². The highest BCUT2D eigenvalue weighted by Gasteiger charge is 2.28. The first-order valence-electron chi connectivity index (χ1n) is 5.48. The van der Waals surface area contributed by atoms with Crippen molar-refractivity contribution >= 4 is 24.6 Å². The van der Waals surface area contributed by atoms with Gasteiger partial charge in [0.2, 0.25) is 0 Å². The molecule has 1 aromatic rings. The lowest BCUT2D eigenvalue weighted by Crippen LogP contribution is -2.30. The normalized spacial score (nSPS) is 14.1. The third-order valence-corrected chi connectivity index (χ3v) is 2.56. The second kappa shape index (κ2) is 5.16. The number of carbonyl (C=O) groups excluding carboxylic acids is 1. The summed E-state index contributed by atoms with van der Waals surface area (Å²) in [5.41, 5.74) is 2.46. The largest absolute Gasteiger partial charge is 0.492 e. The molecule has 0 saturated heterocycles. The van der Waals surface area contributed by atoms with Gasteiger partial charge in [-0.1, -0.05) is 18.2 Å². The van der Waals surface area contributed by atoms with E-state index in [-0.39, 0.29) is 0 Å². The highest BCUT2D eigenvalue weighted by Crippen LogP contribution is 2.13. The molecule has 0 amide bonds. The number of fused-ring (bicyclic) bond motifs is 1. The molecular formula is C12H13BO4. The fraction of sp³-hybridized carbons (Fsp3) is 0.250. The molecule has 1 aromatic carbocycles. The molecule has 0 aliphatic carbocycles. The molecule has 88 valence electrons. The zero-order valence-corrected chi connectivity index (χ0v) is 9.55. The molecule has 1 aliphatic rings. The van der Waals surface area contributed by atoms with Crippen molar-refractivity contribution in [1.82, 2.24) is 0 Å². The van der Waals surface area contributed by atoms with Crippen LogP contribution in [0.1, 0.15) is 18.1 Å². The molecule has 0 radical (unpaired) electrons. The number of hydrogen-bond acceptors (Lipinski definition) is 4. The molecule has 1 heterocycles. The van der Waals surface area contributed by atoms with E-state index in [0.29, 0.717) is 13.2 Å². The van der Waals surface area contributed by atoms with Crippen molar-refractivity contribution in [2.75, 3.05) is 6.61 Å². The molecule has 0 fully saturated rings. The van der Waals surface area contributed by atoms with Crippen molar-refractivity contribution in [2.24, 2.45) is 0 Å². The Labute approximate surface area is 100 Å². The molecule has 2 rings (SSSR count). The lowest BCUT2D eigenvalue weighted by Gasteiger charge is -2.03. The second-order valence-electron chi connectivity index (χ2n) is 3.67. The Hall–Kier alpha value is -1.59. The average Bonchev–Trinajstić information content (AvgIpc) is 2.70. The number of benzene rings is 1. The summed E-state index contributed by atoms with van der Waals surface area (Å²) in [5, 5.41) is 9.66. The van der Waals surface area contributed by atoms with Crippen molar-refractivity contribution < 1.29 is 19.2 Å². The Kier molecular flexibility index (Phi) is 3.61. The number of ether oxygens (including phenoxy) is 1. The monoisotopic (exact) mass is 232 g/mol. The summed E-state index contributed by atoms with van der Waals surface area (Å²) >= 11 is 0. The van der Waals surface area contributed by atoms with Crippen LogP contribution in [0.15, 0.2) is 24.3 Å². The first-order chi connectivity index (χ1) is 8.22. The van der Waals surface area contributed by atoms with Crippen molar-refractivity contribution in [2.45, 2.75) is 13.5 Å². The Morgan fingerprint density at radius 1 is 1.65 bits per heavy atom. The van der Waals surface area contributed by atoms with E-state index in [4.69, 9.17) is 9.39 Å². The fourth-order valence-corrected chi connectivity index (χ4v) is 1.81. The van der Waals surface area contributed by atoms with E-state index < -0.39 is 13.1 Å². The van der Waals surface area contributed by atoms with Crippen LogP contribution < -0.4 is 5.46 Å². The van der Waals surface area contributed by atoms with Crippen molar-refractivity contribution in [1.29, 1.82) is 0 Å². The fourth-order valence-electron chi connectivity index (χ4n) is 1.81. The van der Waals surface area contributed by atoms with Crippen LogP contribution in [0.2, 0.25) is 0 Å². The van der Waals surface area contributed by atoms with Gasteiger partial charge in [-0.3, -0.25) is 0 Å². The first kappa shape index (κ1) is 11.9. The minimum Gasteiger partial charge on any atom is -0.463 e. The van der Waals surface area contributed by atoms with Crippen LogP contribution in [-0.2, 0) is 20.8 Å². The molecule has 17 heavy (non-hydrogen) atoms. The van der Waals surface area contributed by atoms with Gasteiger partial charge in [0.1, 0.15) is 0 Å². The minimum atomic E-state index is -0.909. The average molecular weight is 232 g/mol. The number of rotatable bonds is 3. The van der Waals surface area contributed by atoms with Crippen LogP contribution in [0.5, 0.6) is 0 Å². The maximum absolute atomic E-state index is 11.2. The van der Waals surface area contributed by atoms with Crippen LogP contribution in [0.25, 0.3) is 6.08 Å². The SMILES string of the molecule is CCOC(=O)/C=C/c1cccc2c1B(O)OC2. The molecule has 0 aromatic heterocycles. The maximum Gasteiger partial charge on any atom is 0.492 e. The standard InChI is InChI=1S/C12H13BO4/c1-2-16-11(14)7-6-9-4-3-5-10-8-17-13(15)12(9)10/h3-7,15H,2,8H2,1H3/b7-6+. The molecule has 1 aliphatic heterocycles. The van der Waals surface area contributed by atoms with Gasteiger partial charge in [-0.25, -0.2) is 4.79 Å². The van der Waals surface area contributed by atoms with E-state index in [9.17, 15) is 9.82 Å². The van der Waals surface area contributed by atoms with Gasteiger partial charge < -0.3 is 14.4 Å². The van der Waals surface area contributed by atoms with Crippen LogP contribution in [-0.4, -0.2) is 24.7 Å². The Bertz CT molecular complexity index is 456. The van der Waals surface area contributed by atoms with Gasteiger partial charge in [-0.05, 0) is 29.6 Å². The Morgan fingerprint density at radius 3 is 3.24 bits per heavy atom. The number of esters is 1. The van der Waals surface area contributed by atoms with E-state index in [1.807, 2.05) is 18.2 Å². The van der Waals surface area contributed by atoms with Crippen molar-refractivity contribution in [3.05, 3.63) is 35.4 Å². The second-order valence-corrected chi connectivity index (χ2v) is 3.67. The van der Waals surface area contributed by atoms with Gasteiger partial charge in [-0.15, -0.1) is 0 Å². The topological polar surface area (TPSA) is 55.8 Å². The van der Waals surface area contributed by atoms with E-state index in [1.54, 1.807) is 13.0 Å². The quantitative estimate of drug-likeness (QED) is 0.468. The summed E-state index contributed by atoms with van der Waals surface area (Å²) in [6, 6.07) is 5.59. The zero-order chi connectivity index (χ0) is 12.3. The molecule has 4 nitrogen and oxygen atoms in total. The Morgan fingerprint density at radius 2 is 2.47 bits per heavy atom. The van der Waals surface area contributed by atoms with Gasteiger partial charge >= 0.3 is 13.1 Å². The lowest BCUT2D eigenvalue weighted by atomic mass is 9.76. The minimum absolute atomic E-state index is 0.349. The summed E-state index contributed by atoms with van der Waals surface area (Å²) in [5.74, 6) is -0.390. The molecule has 1 N–H and O–H groups in total. The van der Waals surface area contributed by atoms with Crippen LogP contribution in [0.4, 0.5) is 0 Å². The van der Waals surface area contributed by atoms with E-state index in [1.165, 1.54) is 6.08 Å². The molecule has 0 unspecified atom stereocenters. The molecule has 0 atom stereocenters. The van der Waals surface area contributed by atoms with Gasteiger partial charge in [0.25, 0.3) is 0 Å². The third-order valence-electron chi connectivity index (χ3n) is 2.56. The third kappa shape index (κ3) is 2.57. The predicted octanol–water partition coefficient (Wildman–Crippen LogP) is 0.481. The molecule has 0 saturated carbocycles. The smallest absolute Gasteiger partial charge is 0.463 e. The van der Waals surface area contributed by atoms with E-state index in [2.05, 4.69) is 0 Å². The highest BCUT2D eigenvalue weighted by atomic mass is 16.5. The summed E-state index contributed by atoms with van der Waals surface area (Å²) in [6.45, 7) is 2.50. The van der Waals surface area contributed by atoms with E-state index >= 15 is 0 Å².